The molecule has 0 bridgehead atoms. The van der Waals surface area contributed by atoms with Gasteiger partial charge < -0.3 is 9.64 Å². The molecular formula is C22H25N3O4. The largest absolute Gasteiger partial charge is 0.467 e. The van der Waals surface area contributed by atoms with Crippen LogP contribution >= 0.6 is 0 Å². The van der Waals surface area contributed by atoms with Crippen molar-refractivity contribution in [2.24, 2.45) is 0 Å². The quantitative estimate of drug-likeness (QED) is 0.705. The fourth-order valence-electron chi connectivity index (χ4n) is 3.49. The Morgan fingerprint density at radius 3 is 2.10 bits per heavy atom. The van der Waals surface area contributed by atoms with Crippen LogP contribution in [0.4, 0.5) is 4.79 Å². The molecule has 3 amide bonds. The number of esters is 1. The van der Waals surface area contributed by atoms with Crippen molar-refractivity contribution in [1.29, 1.82) is 0 Å². The van der Waals surface area contributed by atoms with E-state index in [-0.39, 0.29) is 25.0 Å². The Balaban J connectivity index is 1.87. The molecule has 7 heteroatoms. The molecule has 0 aromatic heterocycles. The van der Waals surface area contributed by atoms with Gasteiger partial charge in [0.25, 0.3) is 0 Å². The van der Waals surface area contributed by atoms with Gasteiger partial charge in [-0.15, -0.1) is 0 Å². The molecule has 1 saturated heterocycles. The minimum Gasteiger partial charge on any atom is -0.467 e. The van der Waals surface area contributed by atoms with Crippen molar-refractivity contribution in [3.05, 3.63) is 71.8 Å². The lowest BCUT2D eigenvalue weighted by Crippen LogP contribution is -2.64. The number of hydrogen-bond donors (Lipinski definition) is 0. The van der Waals surface area contributed by atoms with Gasteiger partial charge >= 0.3 is 12.0 Å². The van der Waals surface area contributed by atoms with E-state index in [9.17, 15) is 14.4 Å². The Kier molecular flexibility index (Phi) is 6.49. The molecule has 2 aromatic carbocycles. The van der Waals surface area contributed by atoms with Crippen LogP contribution in [0.3, 0.4) is 0 Å². The Morgan fingerprint density at radius 2 is 1.55 bits per heavy atom. The molecule has 1 fully saturated rings. The summed E-state index contributed by atoms with van der Waals surface area (Å²) in [5.41, 5.74) is 1.82. The zero-order chi connectivity index (χ0) is 20.8. The van der Waals surface area contributed by atoms with Gasteiger partial charge in [-0.2, -0.15) is 0 Å². The van der Waals surface area contributed by atoms with Gasteiger partial charge in [-0.25, -0.2) is 19.6 Å². The molecule has 0 spiro atoms. The maximum atomic E-state index is 13.3. The maximum absolute atomic E-state index is 13.3. The van der Waals surface area contributed by atoms with E-state index < -0.39 is 12.0 Å². The van der Waals surface area contributed by atoms with Crippen LogP contribution in [0.25, 0.3) is 0 Å². The average molecular weight is 395 g/mol. The lowest BCUT2D eigenvalue weighted by Gasteiger charge is -2.45. The summed E-state index contributed by atoms with van der Waals surface area (Å²) in [6.07, 6.45) is 0.346. The molecule has 1 atom stereocenters. The molecule has 0 saturated carbocycles. The Hall–Kier alpha value is -3.35. The minimum absolute atomic E-state index is 0.216. The van der Waals surface area contributed by atoms with E-state index in [1.807, 2.05) is 60.7 Å². The summed E-state index contributed by atoms with van der Waals surface area (Å²) in [4.78, 5) is 39.5. The third-order valence-corrected chi connectivity index (χ3v) is 4.97. The van der Waals surface area contributed by atoms with E-state index in [2.05, 4.69) is 0 Å². The lowest BCUT2D eigenvalue weighted by atomic mass is 10.0. The van der Waals surface area contributed by atoms with E-state index in [4.69, 9.17) is 4.74 Å². The summed E-state index contributed by atoms with van der Waals surface area (Å²) in [5.74, 6) is -0.690. The van der Waals surface area contributed by atoms with Crippen molar-refractivity contribution < 1.29 is 19.1 Å². The summed E-state index contributed by atoms with van der Waals surface area (Å²) >= 11 is 0. The molecule has 0 N–H and O–H groups in total. The van der Waals surface area contributed by atoms with Crippen LogP contribution in [0.5, 0.6) is 0 Å². The molecule has 0 aliphatic carbocycles. The SMILES string of the molecule is COC(=O)[C@@H](Cc1ccccc1)N1CCN(C(C)=O)N(Cc2ccccc2)C1=O. The van der Waals surface area contributed by atoms with Gasteiger partial charge in [0.2, 0.25) is 5.91 Å². The second-order valence-electron chi connectivity index (χ2n) is 6.89. The van der Waals surface area contributed by atoms with Crippen LogP contribution in [0, 0.1) is 0 Å². The zero-order valence-corrected chi connectivity index (χ0v) is 16.7. The highest BCUT2D eigenvalue weighted by atomic mass is 16.5. The van der Waals surface area contributed by atoms with Gasteiger partial charge in [-0.1, -0.05) is 60.7 Å². The molecule has 0 unspecified atom stereocenters. The van der Waals surface area contributed by atoms with Crippen molar-refractivity contribution in [2.75, 3.05) is 20.2 Å². The molecule has 3 rings (SSSR count). The van der Waals surface area contributed by atoms with Crippen LogP contribution in [-0.2, 0) is 27.3 Å². The maximum Gasteiger partial charge on any atom is 0.340 e. The highest BCUT2D eigenvalue weighted by Gasteiger charge is 2.40. The summed E-state index contributed by atoms with van der Waals surface area (Å²) in [6, 6.07) is 17.8. The number of benzene rings is 2. The topological polar surface area (TPSA) is 70.2 Å². The number of carbonyl (C=O) groups is 3. The number of rotatable bonds is 6. The molecular weight excluding hydrogens is 370 g/mol. The molecule has 0 radical (unpaired) electrons. The van der Waals surface area contributed by atoms with Crippen LogP contribution in [0.2, 0.25) is 0 Å². The monoisotopic (exact) mass is 395 g/mol. The number of nitrogens with zero attached hydrogens (tertiary/aromatic N) is 3. The molecule has 7 nitrogen and oxygen atoms in total. The normalized spacial score (nSPS) is 15.2. The number of hydrogen-bond acceptors (Lipinski definition) is 4. The number of methoxy groups -OCH3 is 1. The minimum atomic E-state index is -0.762. The third kappa shape index (κ3) is 4.74. The van der Waals surface area contributed by atoms with Gasteiger partial charge in [-0.3, -0.25) is 4.79 Å². The number of carbonyl (C=O) groups excluding carboxylic acids is 3. The van der Waals surface area contributed by atoms with E-state index in [0.29, 0.717) is 13.0 Å². The predicted molar refractivity (Wildman–Crippen MR) is 107 cm³/mol. The smallest absolute Gasteiger partial charge is 0.340 e. The van der Waals surface area contributed by atoms with Crippen LogP contribution in [0.15, 0.2) is 60.7 Å². The highest BCUT2D eigenvalue weighted by molar-refractivity contribution is 5.86. The van der Waals surface area contributed by atoms with Gasteiger partial charge in [-0.05, 0) is 11.1 Å². The molecule has 152 valence electrons. The van der Waals surface area contributed by atoms with Crippen molar-refractivity contribution in [3.8, 4) is 0 Å². The van der Waals surface area contributed by atoms with E-state index in [0.717, 1.165) is 11.1 Å². The van der Waals surface area contributed by atoms with Crippen molar-refractivity contribution >= 4 is 17.9 Å². The first kappa shape index (κ1) is 20.4. The molecule has 1 aliphatic rings. The second kappa shape index (κ2) is 9.23. The van der Waals surface area contributed by atoms with Gasteiger partial charge in [0.05, 0.1) is 20.2 Å². The average Bonchev–Trinajstić information content (AvgIpc) is 2.74. The molecule has 1 aliphatic heterocycles. The van der Waals surface area contributed by atoms with E-state index in [1.165, 1.54) is 29.0 Å². The summed E-state index contributed by atoms with van der Waals surface area (Å²) < 4.78 is 4.98. The Bertz CT molecular complexity index is 857. The summed E-state index contributed by atoms with van der Waals surface area (Å²) in [7, 11) is 1.32. The fraction of sp³-hybridized carbons (Fsp3) is 0.318. The van der Waals surface area contributed by atoms with Crippen LogP contribution in [-0.4, -0.2) is 59.1 Å². The van der Waals surface area contributed by atoms with Crippen molar-refractivity contribution in [2.45, 2.75) is 25.9 Å². The van der Waals surface area contributed by atoms with E-state index >= 15 is 0 Å². The van der Waals surface area contributed by atoms with Crippen LogP contribution in [0.1, 0.15) is 18.1 Å². The number of hydrazine groups is 1. The number of amides is 3. The molecule has 29 heavy (non-hydrogen) atoms. The molecule has 2 aromatic rings. The van der Waals surface area contributed by atoms with Crippen LogP contribution < -0.4 is 0 Å². The van der Waals surface area contributed by atoms with Crippen molar-refractivity contribution in [1.82, 2.24) is 14.9 Å². The standard InChI is InChI=1S/C22H25N3O4/c1-17(26)24-14-13-23(22(28)25(24)16-19-11-7-4-8-12-19)20(21(27)29-2)15-18-9-5-3-6-10-18/h3-12,20H,13-16H2,1-2H3/t20-/m1/s1. The fourth-order valence-corrected chi connectivity index (χ4v) is 3.49. The highest BCUT2D eigenvalue weighted by Crippen LogP contribution is 2.20. The third-order valence-electron chi connectivity index (χ3n) is 4.97. The summed E-state index contributed by atoms with van der Waals surface area (Å²) in [6.45, 7) is 2.25. The Labute approximate surface area is 170 Å². The Morgan fingerprint density at radius 1 is 0.966 bits per heavy atom. The summed E-state index contributed by atoms with van der Waals surface area (Å²) in [5, 5.41) is 2.84. The zero-order valence-electron chi connectivity index (χ0n) is 16.7. The second-order valence-corrected chi connectivity index (χ2v) is 6.89. The first-order valence-electron chi connectivity index (χ1n) is 9.53. The van der Waals surface area contributed by atoms with Gasteiger partial charge in [0.1, 0.15) is 6.04 Å². The first-order valence-corrected chi connectivity index (χ1v) is 9.53. The van der Waals surface area contributed by atoms with E-state index in [1.54, 1.807) is 0 Å². The predicted octanol–water partition coefficient (Wildman–Crippen LogP) is 2.47. The first-order chi connectivity index (χ1) is 14.0. The number of ether oxygens (including phenoxy) is 1. The lowest BCUT2D eigenvalue weighted by molar-refractivity contribution is -0.153. The van der Waals surface area contributed by atoms with Gasteiger partial charge in [0, 0.05) is 19.9 Å². The molecule has 1 heterocycles. The number of urea groups is 1. The van der Waals surface area contributed by atoms with Crippen molar-refractivity contribution in [3.63, 3.8) is 0 Å². The van der Waals surface area contributed by atoms with Gasteiger partial charge in [0.15, 0.2) is 0 Å².